The first-order valence-electron chi connectivity index (χ1n) is 12.7. The average Bonchev–Trinajstić information content (AvgIpc) is 2.96. The Hall–Kier alpha value is -0.460. The molecule has 4 saturated carbocycles. The summed E-state index contributed by atoms with van der Waals surface area (Å²) in [5.74, 6) is 8.91. The van der Waals surface area contributed by atoms with E-state index in [2.05, 4.69) is 40.7 Å². The highest BCUT2D eigenvalue weighted by Crippen LogP contribution is 2.71. The molecule has 0 spiro atoms. The van der Waals surface area contributed by atoms with Gasteiger partial charge in [0.1, 0.15) is 0 Å². The van der Waals surface area contributed by atoms with Gasteiger partial charge in [-0.05, 0) is 115 Å². The molecule has 0 amide bonds. The molecule has 4 fully saturated rings. The van der Waals surface area contributed by atoms with Crippen LogP contribution in [-0.2, 0) is 0 Å². The fraction of sp³-hybridized carbons (Fsp3) is 0.926. The number of hydrogen-bond donors (Lipinski definition) is 1. The van der Waals surface area contributed by atoms with Gasteiger partial charge in [-0.1, -0.05) is 41.0 Å². The van der Waals surface area contributed by atoms with Crippen molar-refractivity contribution in [3.8, 4) is 0 Å². The summed E-state index contributed by atoms with van der Waals surface area (Å²) in [6.45, 7) is 12.9. The average molecular weight is 385 g/mol. The van der Waals surface area contributed by atoms with E-state index in [4.69, 9.17) is 0 Å². The summed E-state index contributed by atoms with van der Waals surface area (Å²) in [6, 6.07) is 0. The van der Waals surface area contributed by atoms with Crippen molar-refractivity contribution in [2.45, 2.75) is 92.4 Å². The van der Waals surface area contributed by atoms with Gasteiger partial charge in [0.2, 0.25) is 0 Å². The van der Waals surface area contributed by atoms with Crippen LogP contribution in [0.5, 0.6) is 0 Å². The first kappa shape index (κ1) is 19.5. The van der Waals surface area contributed by atoms with E-state index < -0.39 is 0 Å². The standard InChI is InChI=1S/C27H44O/c1-16(2)20-8-6-17(3)25-22(20)15-24-21-9-7-18-14-19(28)10-12-26(18,4)23(21)11-13-27(24,25)5/h14,16-18,20-25,28H,6-13,15H2,1-5H3. The van der Waals surface area contributed by atoms with Crippen LogP contribution in [0.4, 0.5) is 0 Å². The Morgan fingerprint density at radius 1 is 0.929 bits per heavy atom. The molecular weight excluding hydrogens is 340 g/mol. The Labute approximate surface area is 173 Å². The lowest BCUT2D eigenvalue weighted by atomic mass is 9.45. The zero-order valence-electron chi connectivity index (χ0n) is 19.1. The Bertz CT molecular complexity index is 649. The van der Waals surface area contributed by atoms with Crippen LogP contribution >= 0.6 is 0 Å². The van der Waals surface area contributed by atoms with Crippen molar-refractivity contribution < 1.29 is 5.11 Å². The largest absolute Gasteiger partial charge is 0.513 e. The van der Waals surface area contributed by atoms with E-state index >= 15 is 0 Å². The molecule has 10 atom stereocenters. The lowest BCUT2D eigenvalue weighted by Crippen LogP contribution is -2.53. The van der Waals surface area contributed by atoms with E-state index in [1.807, 2.05) is 0 Å². The third-order valence-electron chi connectivity index (χ3n) is 11.4. The number of aliphatic hydroxyl groups is 1. The highest BCUT2D eigenvalue weighted by molar-refractivity contribution is 5.16. The Morgan fingerprint density at radius 2 is 1.71 bits per heavy atom. The van der Waals surface area contributed by atoms with Crippen molar-refractivity contribution in [3.05, 3.63) is 11.8 Å². The van der Waals surface area contributed by atoms with Crippen molar-refractivity contribution in [2.75, 3.05) is 0 Å². The van der Waals surface area contributed by atoms with Gasteiger partial charge in [0, 0.05) is 6.42 Å². The summed E-state index contributed by atoms with van der Waals surface area (Å²) < 4.78 is 0. The van der Waals surface area contributed by atoms with Crippen molar-refractivity contribution >= 4 is 0 Å². The topological polar surface area (TPSA) is 20.2 Å². The fourth-order valence-corrected chi connectivity index (χ4v) is 10.2. The number of fused-ring (bicyclic) bond motifs is 7. The van der Waals surface area contributed by atoms with Gasteiger partial charge in [-0.25, -0.2) is 0 Å². The number of aliphatic hydroxyl groups excluding tert-OH is 1. The molecule has 1 nitrogen and oxygen atoms in total. The first-order chi connectivity index (χ1) is 13.3. The third kappa shape index (κ3) is 2.56. The maximum Gasteiger partial charge on any atom is 0.0886 e. The van der Waals surface area contributed by atoms with Gasteiger partial charge in [0.25, 0.3) is 0 Å². The van der Waals surface area contributed by atoms with Crippen LogP contribution in [-0.4, -0.2) is 5.11 Å². The minimum Gasteiger partial charge on any atom is -0.513 e. The molecule has 0 aromatic heterocycles. The second-order valence-electron chi connectivity index (χ2n) is 12.7. The summed E-state index contributed by atoms with van der Waals surface area (Å²) in [4.78, 5) is 0. The van der Waals surface area contributed by atoms with E-state index in [0.29, 0.717) is 22.5 Å². The molecule has 158 valence electrons. The lowest BCUT2D eigenvalue weighted by molar-refractivity contribution is -0.101. The van der Waals surface area contributed by atoms with Crippen LogP contribution in [0.1, 0.15) is 92.4 Å². The van der Waals surface area contributed by atoms with Crippen LogP contribution in [0.3, 0.4) is 0 Å². The Morgan fingerprint density at radius 3 is 2.46 bits per heavy atom. The predicted octanol–water partition coefficient (Wildman–Crippen LogP) is 7.63. The van der Waals surface area contributed by atoms with Crippen molar-refractivity contribution in [2.24, 2.45) is 64.1 Å². The predicted molar refractivity (Wildman–Crippen MR) is 117 cm³/mol. The second-order valence-corrected chi connectivity index (χ2v) is 12.7. The highest BCUT2D eigenvalue weighted by atomic mass is 16.3. The summed E-state index contributed by atoms with van der Waals surface area (Å²) in [6.07, 6.45) is 14.6. The highest BCUT2D eigenvalue weighted by Gasteiger charge is 2.64. The van der Waals surface area contributed by atoms with Crippen molar-refractivity contribution in [3.63, 3.8) is 0 Å². The van der Waals surface area contributed by atoms with E-state index in [0.717, 1.165) is 53.8 Å². The monoisotopic (exact) mass is 384 g/mol. The molecule has 0 aromatic rings. The molecule has 0 radical (unpaired) electrons. The van der Waals surface area contributed by atoms with Crippen molar-refractivity contribution in [1.29, 1.82) is 0 Å². The van der Waals surface area contributed by atoms with Gasteiger partial charge in [-0.3, -0.25) is 0 Å². The Kier molecular flexibility index (Phi) is 4.54. The first-order valence-corrected chi connectivity index (χ1v) is 12.7. The number of allylic oxidation sites excluding steroid dienone is 2. The van der Waals surface area contributed by atoms with E-state index in [9.17, 15) is 5.11 Å². The van der Waals surface area contributed by atoms with Crippen LogP contribution in [0.25, 0.3) is 0 Å². The summed E-state index contributed by atoms with van der Waals surface area (Å²) in [5.41, 5.74) is 1.06. The molecule has 5 rings (SSSR count). The molecule has 0 heterocycles. The Balaban J connectivity index is 1.47. The lowest BCUT2D eigenvalue weighted by Gasteiger charge is -2.60. The molecule has 0 bridgehead atoms. The number of rotatable bonds is 1. The van der Waals surface area contributed by atoms with Crippen LogP contribution in [0.15, 0.2) is 11.8 Å². The summed E-state index contributed by atoms with van der Waals surface area (Å²) in [5, 5.41) is 10.2. The minimum absolute atomic E-state index is 0.452. The SMILES string of the molecule is CC(C)C1CCC(C)C2C1CC1C3CCC4C=C(O)CCC4(C)C3CCC12C. The molecule has 5 aliphatic rings. The van der Waals surface area contributed by atoms with Gasteiger partial charge in [-0.2, -0.15) is 0 Å². The van der Waals surface area contributed by atoms with Crippen molar-refractivity contribution in [1.82, 2.24) is 0 Å². The van der Waals surface area contributed by atoms with Crippen LogP contribution in [0.2, 0.25) is 0 Å². The van der Waals surface area contributed by atoms with Crippen LogP contribution < -0.4 is 0 Å². The summed E-state index contributed by atoms with van der Waals surface area (Å²) in [7, 11) is 0. The molecule has 5 aliphatic carbocycles. The summed E-state index contributed by atoms with van der Waals surface area (Å²) >= 11 is 0. The van der Waals surface area contributed by atoms with Gasteiger partial charge >= 0.3 is 0 Å². The maximum atomic E-state index is 10.2. The van der Waals surface area contributed by atoms with Crippen LogP contribution in [0, 0.1) is 64.1 Å². The smallest absolute Gasteiger partial charge is 0.0886 e. The quantitative estimate of drug-likeness (QED) is 0.493. The molecule has 10 unspecified atom stereocenters. The molecule has 1 N–H and O–H groups in total. The van der Waals surface area contributed by atoms with E-state index in [1.54, 1.807) is 0 Å². The molecular formula is C27H44O. The normalized spacial score (nSPS) is 55.7. The zero-order chi connectivity index (χ0) is 19.8. The van der Waals surface area contributed by atoms with Gasteiger partial charge < -0.3 is 5.11 Å². The van der Waals surface area contributed by atoms with E-state index in [-0.39, 0.29) is 0 Å². The minimum atomic E-state index is 0.452. The van der Waals surface area contributed by atoms with Gasteiger partial charge in [-0.15, -0.1) is 0 Å². The molecule has 28 heavy (non-hydrogen) atoms. The molecule has 0 aliphatic heterocycles. The molecule has 0 aromatic carbocycles. The zero-order valence-corrected chi connectivity index (χ0v) is 19.1. The van der Waals surface area contributed by atoms with Gasteiger partial charge in [0.15, 0.2) is 0 Å². The van der Waals surface area contributed by atoms with E-state index in [1.165, 1.54) is 51.4 Å². The number of hydrogen-bond acceptors (Lipinski definition) is 1. The third-order valence-corrected chi connectivity index (χ3v) is 11.4. The van der Waals surface area contributed by atoms with Gasteiger partial charge in [0.05, 0.1) is 5.76 Å². The molecule has 0 saturated heterocycles. The second kappa shape index (κ2) is 6.52. The molecule has 1 heteroatoms. The maximum absolute atomic E-state index is 10.2. The fourth-order valence-electron chi connectivity index (χ4n) is 10.2.